The second-order valence-corrected chi connectivity index (χ2v) is 11.5. The molecule has 0 radical (unpaired) electrons. The lowest BCUT2D eigenvalue weighted by molar-refractivity contribution is -0.140. The molecular weight excluding hydrogens is 444 g/mol. The van der Waals surface area contributed by atoms with Crippen molar-refractivity contribution in [2.45, 2.75) is 103 Å². The second kappa shape index (κ2) is 12.3. The zero-order valence-electron chi connectivity index (χ0n) is 21.2. The summed E-state index contributed by atoms with van der Waals surface area (Å²) < 4.78 is 33.2. The van der Waals surface area contributed by atoms with E-state index in [1.807, 2.05) is 0 Å². The fraction of sp³-hybridized carbons (Fsp3) is 0.733. The van der Waals surface area contributed by atoms with Gasteiger partial charge in [0.2, 0.25) is 5.82 Å². The van der Waals surface area contributed by atoms with Crippen LogP contribution in [0.2, 0.25) is 0 Å². The predicted octanol–water partition coefficient (Wildman–Crippen LogP) is 8.35. The first kappa shape index (κ1) is 26.1. The topological polar surface area (TPSA) is 50.1 Å². The highest BCUT2D eigenvalue weighted by Crippen LogP contribution is 2.49. The zero-order chi connectivity index (χ0) is 24.8. The van der Waals surface area contributed by atoms with Crippen LogP contribution in [0.4, 0.5) is 8.78 Å². The van der Waals surface area contributed by atoms with Crippen molar-refractivity contribution in [1.82, 2.24) is 0 Å². The van der Waals surface area contributed by atoms with Crippen LogP contribution in [0.5, 0.6) is 5.75 Å². The lowest BCUT2D eigenvalue weighted by Gasteiger charge is -2.45. The van der Waals surface area contributed by atoms with Gasteiger partial charge in [-0.25, -0.2) is 4.39 Å². The minimum Gasteiger partial charge on any atom is -0.423 e. The molecule has 35 heavy (non-hydrogen) atoms. The van der Waals surface area contributed by atoms with E-state index in [0.717, 1.165) is 55.4 Å². The number of fused-ring (bicyclic) bond motifs is 1. The normalized spacial score (nSPS) is 30.8. The van der Waals surface area contributed by atoms with Crippen LogP contribution < -0.4 is 4.74 Å². The molecule has 0 amide bonds. The molecule has 3 saturated carbocycles. The van der Waals surface area contributed by atoms with Crippen LogP contribution in [0.1, 0.15) is 109 Å². The van der Waals surface area contributed by atoms with Crippen LogP contribution in [-0.2, 0) is 4.79 Å². The number of hydrogen-bond acceptors (Lipinski definition) is 3. The standard InChI is InChI=1S/C30H41F2NO2/c1-2-3-4-5-6-20-7-8-25-18-24(14-13-23(25)17-20)21-9-11-22(12-10-21)30(34)35-27-16-15-26(19-33)28(31)29(27)32/h15-16,20-25H,2-14,17-18H2,1H3. The minimum absolute atomic E-state index is 0.260. The number of nitrogens with zero attached hydrogens (tertiary/aromatic N) is 1. The van der Waals surface area contributed by atoms with Gasteiger partial charge in [-0.2, -0.15) is 9.65 Å². The molecule has 4 atom stereocenters. The number of hydrogen-bond donors (Lipinski definition) is 0. The summed E-state index contributed by atoms with van der Waals surface area (Å²) in [6.07, 6.45) is 18.9. The van der Waals surface area contributed by atoms with E-state index in [1.54, 1.807) is 6.07 Å². The van der Waals surface area contributed by atoms with Gasteiger partial charge in [0.25, 0.3) is 0 Å². The van der Waals surface area contributed by atoms with E-state index in [9.17, 15) is 13.6 Å². The first-order chi connectivity index (χ1) is 17.0. The van der Waals surface area contributed by atoms with Crippen molar-refractivity contribution >= 4 is 5.97 Å². The van der Waals surface area contributed by atoms with Gasteiger partial charge in [-0.05, 0) is 99.5 Å². The van der Waals surface area contributed by atoms with E-state index >= 15 is 0 Å². The quantitative estimate of drug-likeness (QED) is 0.211. The van der Waals surface area contributed by atoms with Crippen LogP contribution in [0, 0.1) is 58.5 Å². The average molecular weight is 486 g/mol. The van der Waals surface area contributed by atoms with E-state index in [2.05, 4.69) is 6.92 Å². The number of rotatable bonds is 8. The largest absolute Gasteiger partial charge is 0.423 e. The Bertz CT molecular complexity index is 902. The lowest BCUT2D eigenvalue weighted by atomic mass is 9.60. The SMILES string of the molecule is CCCCCCC1CCC2CC(C3CCC(C(=O)Oc4ccc(C#N)c(F)c4F)CC3)CCC2C1. The Hall–Kier alpha value is -1.96. The maximum absolute atomic E-state index is 14.1. The first-order valence-electron chi connectivity index (χ1n) is 14.1. The summed E-state index contributed by atoms with van der Waals surface area (Å²) in [7, 11) is 0. The summed E-state index contributed by atoms with van der Waals surface area (Å²) in [6.45, 7) is 2.28. The molecule has 0 N–H and O–H groups in total. The molecule has 5 heteroatoms. The Balaban J connectivity index is 1.21. The van der Waals surface area contributed by atoms with Crippen LogP contribution in [0.25, 0.3) is 0 Å². The van der Waals surface area contributed by atoms with E-state index in [0.29, 0.717) is 5.92 Å². The molecule has 0 aliphatic heterocycles. The predicted molar refractivity (Wildman–Crippen MR) is 133 cm³/mol. The Morgan fingerprint density at radius 3 is 2.26 bits per heavy atom. The van der Waals surface area contributed by atoms with Gasteiger partial charge in [0.15, 0.2) is 11.6 Å². The first-order valence-corrected chi connectivity index (χ1v) is 14.1. The minimum atomic E-state index is -1.27. The molecule has 1 aromatic rings. The summed E-state index contributed by atoms with van der Waals surface area (Å²) in [5.41, 5.74) is -0.391. The molecule has 0 spiro atoms. The van der Waals surface area contributed by atoms with Gasteiger partial charge in [-0.3, -0.25) is 4.79 Å². The Morgan fingerprint density at radius 1 is 0.886 bits per heavy atom. The number of unbranched alkanes of at least 4 members (excludes halogenated alkanes) is 3. The van der Waals surface area contributed by atoms with E-state index in [4.69, 9.17) is 10.00 Å². The van der Waals surface area contributed by atoms with Crippen molar-refractivity contribution in [1.29, 1.82) is 5.26 Å². The zero-order valence-corrected chi connectivity index (χ0v) is 21.2. The van der Waals surface area contributed by atoms with Gasteiger partial charge in [-0.1, -0.05) is 45.4 Å². The summed E-state index contributed by atoms with van der Waals surface area (Å²) >= 11 is 0. The van der Waals surface area contributed by atoms with Crippen molar-refractivity contribution in [3.05, 3.63) is 29.3 Å². The number of halogens is 2. The van der Waals surface area contributed by atoms with Crippen LogP contribution in [-0.4, -0.2) is 5.97 Å². The number of nitriles is 1. The van der Waals surface area contributed by atoms with Gasteiger partial charge in [-0.15, -0.1) is 0 Å². The van der Waals surface area contributed by atoms with Crippen molar-refractivity contribution < 1.29 is 18.3 Å². The van der Waals surface area contributed by atoms with Crippen molar-refractivity contribution in [2.24, 2.45) is 35.5 Å². The summed E-state index contributed by atoms with van der Waals surface area (Å²) in [5.74, 6) is 0.559. The molecule has 0 bridgehead atoms. The molecule has 1 aromatic carbocycles. The smallest absolute Gasteiger partial charge is 0.314 e. The average Bonchev–Trinajstić information content (AvgIpc) is 2.89. The third-order valence-electron chi connectivity index (χ3n) is 9.38. The number of esters is 1. The van der Waals surface area contributed by atoms with E-state index < -0.39 is 28.9 Å². The lowest BCUT2D eigenvalue weighted by Crippen LogP contribution is -2.35. The summed E-state index contributed by atoms with van der Waals surface area (Å²) in [6, 6.07) is 3.90. The number of ether oxygens (including phenoxy) is 1. The Kier molecular flexibility index (Phi) is 9.20. The molecule has 0 saturated heterocycles. The van der Waals surface area contributed by atoms with Crippen LogP contribution in [0.15, 0.2) is 12.1 Å². The summed E-state index contributed by atoms with van der Waals surface area (Å²) in [5, 5.41) is 8.81. The Labute approximate surface area is 209 Å². The van der Waals surface area contributed by atoms with Crippen LogP contribution in [0.3, 0.4) is 0 Å². The maximum Gasteiger partial charge on any atom is 0.314 e. The molecule has 3 nitrogen and oxygen atoms in total. The molecular formula is C30H41F2NO2. The number of benzene rings is 1. The highest BCUT2D eigenvalue weighted by molar-refractivity contribution is 5.75. The molecule has 0 aromatic heterocycles. The highest BCUT2D eigenvalue weighted by Gasteiger charge is 2.39. The van der Waals surface area contributed by atoms with Gasteiger partial charge < -0.3 is 4.74 Å². The van der Waals surface area contributed by atoms with Crippen molar-refractivity contribution in [3.8, 4) is 11.8 Å². The number of carbonyl (C=O) groups is 1. The van der Waals surface area contributed by atoms with Crippen molar-refractivity contribution in [3.63, 3.8) is 0 Å². The van der Waals surface area contributed by atoms with Crippen molar-refractivity contribution in [2.75, 3.05) is 0 Å². The van der Waals surface area contributed by atoms with Gasteiger partial charge in [0, 0.05) is 0 Å². The monoisotopic (exact) mass is 485 g/mol. The molecule has 4 rings (SSSR count). The Morgan fingerprint density at radius 2 is 1.54 bits per heavy atom. The summed E-state index contributed by atoms with van der Waals surface area (Å²) in [4.78, 5) is 12.6. The van der Waals surface area contributed by atoms with Gasteiger partial charge >= 0.3 is 5.97 Å². The molecule has 3 aliphatic carbocycles. The van der Waals surface area contributed by atoms with E-state index in [-0.39, 0.29) is 5.92 Å². The molecule has 3 aliphatic rings. The maximum atomic E-state index is 14.1. The third kappa shape index (κ3) is 6.43. The molecule has 0 heterocycles. The fourth-order valence-corrected chi connectivity index (χ4v) is 7.29. The van der Waals surface area contributed by atoms with Gasteiger partial charge in [0.05, 0.1) is 11.5 Å². The van der Waals surface area contributed by atoms with E-state index in [1.165, 1.54) is 76.7 Å². The third-order valence-corrected chi connectivity index (χ3v) is 9.38. The molecule has 4 unspecified atom stereocenters. The fourth-order valence-electron chi connectivity index (χ4n) is 7.29. The highest BCUT2D eigenvalue weighted by atomic mass is 19.2. The molecule has 3 fully saturated rings. The van der Waals surface area contributed by atoms with Gasteiger partial charge in [0.1, 0.15) is 6.07 Å². The second-order valence-electron chi connectivity index (χ2n) is 11.5. The number of carbonyl (C=O) groups excluding carboxylic acids is 1. The van der Waals surface area contributed by atoms with Crippen LogP contribution >= 0.6 is 0 Å². The molecule has 192 valence electrons.